The minimum atomic E-state index is -0.392. The Balaban J connectivity index is 0. The van der Waals surface area contributed by atoms with Crippen molar-refractivity contribution < 1.29 is 14.8 Å². The van der Waals surface area contributed by atoms with Gasteiger partial charge in [0, 0.05) is 31.8 Å². The maximum absolute atomic E-state index is 11.8. The van der Waals surface area contributed by atoms with Gasteiger partial charge in [0.15, 0.2) is 0 Å². The van der Waals surface area contributed by atoms with E-state index in [1.54, 1.807) is 23.8 Å². The van der Waals surface area contributed by atoms with E-state index in [2.05, 4.69) is 23.8 Å². The van der Waals surface area contributed by atoms with Crippen molar-refractivity contribution in [2.24, 2.45) is 0 Å². The number of hydrogen-bond donors (Lipinski definition) is 4. The Kier molecular flexibility index (Phi) is 19.4. The molecule has 6 heteroatoms. The summed E-state index contributed by atoms with van der Waals surface area (Å²) in [6.45, 7) is 14.7. The van der Waals surface area contributed by atoms with Crippen molar-refractivity contribution in [3.05, 3.63) is 60.9 Å². The van der Waals surface area contributed by atoms with E-state index in [0.29, 0.717) is 19.5 Å². The monoisotopic (exact) mass is 377 g/mol. The molecule has 0 radical (unpaired) electrons. The summed E-state index contributed by atoms with van der Waals surface area (Å²) in [5.41, 5.74) is 3.09. The molecular weight excluding hydrogens is 342 g/mol. The number of carbonyl (C=O) groups is 2. The lowest BCUT2D eigenvalue weighted by Gasteiger charge is -2.04. The number of unbranched alkanes of at least 4 members (excludes halogenated alkanes) is 2. The molecule has 0 saturated carbocycles. The van der Waals surface area contributed by atoms with Gasteiger partial charge in [-0.15, -0.1) is 0 Å². The molecule has 0 aromatic carbocycles. The Morgan fingerprint density at radius 1 is 1.11 bits per heavy atom. The molecule has 0 bridgehead atoms. The number of rotatable bonds is 13. The quantitative estimate of drug-likeness (QED) is 0.0987. The lowest BCUT2D eigenvalue weighted by molar-refractivity contribution is -0.129. The first-order valence-corrected chi connectivity index (χ1v) is 9.30. The normalized spacial score (nSPS) is 10.9. The van der Waals surface area contributed by atoms with Crippen LogP contribution in [0.5, 0.6) is 0 Å². The van der Waals surface area contributed by atoms with Gasteiger partial charge in [-0.2, -0.15) is 0 Å². The molecule has 0 unspecified atom stereocenters. The zero-order valence-corrected chi connectivity index (χ0v) is 16.9. The van der Waals surface area contributed by atoms with E-state index in [-0.39, 0.29) is 12.3 Å². The van der Waals surface area contributed by atoms with E-state index in [4.69, 9.17) is 5.21 Å². The van der Waals surface area contributed by atoms with Crippen molar-refractivity contribution >= 4 is 11.8 Å². The summed E-state index contributed by atoms with van der Waals surface area (Å²) in [6.07, 6.45) is 13.0. The van der Waals surface area contributed by atoms with E-state index in [0.717, 1.165) is 24.0 Å². The highest BCUT2D eigenvalue weighted by Gasteiger charge is 2.00. The maximum atomic E-state index is 11.8. The van der Waals surface area contributed by atoms with Crippen LogP contribution in [0.15, 0.2) is 60.9 Å². The van der Waals surface area contributed by atoms with Crippen LogP contribution in [0.4, 0.5) is 0 Å². The number of amides is 2. The number of hydrogen-bond acceptors (Lipinski definition) is 4. The van der Waals surface area contributed by atoms with Crippen LogP contribution in [-0.4, -0.2) is 30.1 Å². The van der Waals surface area contributed by atoms with Crippen LogP contribution in [-0.2, 0) is 9.59 Å². The molecule has 0 aliphatic rings. The van der Waals surface area contributed by atoms with Gasteiger partial charge in [-0.1, -0.05) is 51.7 Å². The van der Waals surface area contributed by atoms with Gasteiger partial charge in [0.05, 0.1) is 0 Å². The molecule has 0 fully saturated rings. The molecule has 0 aromatic heterocycles. The molecule has 0 spiro atoms. The Bertz CT molecular complexity index is 535. The van der Waals surface area contributed by atoms with E-state index in [9.17, 15) is 9.59 Å². The fourth-order valence-electron chi connectivity index (χ4n) is 1.80. The highest BCUT2D eigenvalue weighted by molar-refractivity contribution is 5.88. The summed E-state index contributed by atoms with van der Waals surface area (Å²) >= 11 is 0. The van der Waals surface area contributed by atoms with Gasteiger partial charge in [0.25, 0.3) is 0 Å². The van der Waals surface area contributed by atoms with Crippen LogP contribution in [0.1, 0.15) is 46.5 Å². The molecule has 0 aliphatic carbocycles. The zero-order chi connectivity index (χ0) is 20.9. The summed E-state index contributed by atoms with van der Waals surface area (Å²) in [4.78, 5) is 22.6. The predicted octanol–water partition coefficient (Wildman–Crippen LogP) is 3.54. The van der Waals surface area contributed by atoms with Crippen molar-refractivity contribution in [2.75, 3.05) is 13.1 Å². The average Bonchev–Trinajstić information content (AvgIpc) is 2.70. The van der Waals surface area contributed by atoms with Crippen LogP contribution < -0.4 is 16.1 Å². The van der Waals surface area contributed by atoms with E-state index in [1.165, 1.54) is 6.08 Å². The van der Waals surface area contributed by atoms with E-state index < -0.39 is 5.91 Å². The summed E-state index contributed by atoms with van der Waals surface area (Å²) in [6, 6.07) is 0. The van der Waals surface area contributed by atoms with E-state index >= 15 is 0 Å². The molecule has 4 N–H and O–H groups in total. The average molecular weight is 378 g/mol. The first-order valence-electron chi connectivity index (χ1n) is 9.30. The lowest BCUT2D eigenvalue weighted by atomic mass is 10.1. The lowest BCUT2D eigenvalue weighted by Crippen LogP contribution is -2.22. The largest absolute Gasteiger partial charge is 0.387 e. The topological polar surface area (TPSA) is 90.5 Å². The predicted molar refractivity (Wildman–Crippen MR) is 112 cm³/mol. The second-order valence-electron chi connectivity index (χ2n) is 5.28. The van der Waals surface area contributed by atoms with Gasteiger partial charge >= 0.3 is 0 Å². The highest BCUT2D eigenvalue weighted by Crippen LogP contribution is 2.09. The molecule has 0 atom stereocenters. The third-order valence-corrected chi connectivity index (χ3v) is 3.26. The summed E-state index contributed by atoms with van der Waals surface area (Å²) in [5, 5.41) is 14.3. The van der Waals surface area contributed by atoms with Crippen LogP contribution in [0.2, 0.25) is 0 Å². The van der Waals surface area contributed by atoms with Crippen LogP contribution in [0.25, 0.3) is 0 Å². The van der Waals surface area contributed by atoms with Crippen molar-refractivity contribution in [3.8, 4) is 0 Å². The standard InChI is InChI=1S/C19H29N3O3.C2H6/c1-4-6-13-20-15-17(16(3)5-2)11-12-18(23)21-14-9-7-8-10-19(24)22-25;1-2/h4-6,11-12,15,20,25H,2-3,7-10,13-14H2,1H3,(H,21,23)(H,22,24);1-2H3/b6-4-,12-11+,17-15-;. The molecule has 27 heavy (non-hydrogen) atoms. The van der Waals surface area contributed by atoms with Crippen LogP contribution in [0, 0.1) is 0 Å². The van der Waals surface area contributed by atoms with Crippen molar-refractivity contribution in [3.63, 3.8) is 0 Å². The number of hydroxylamine groups is 1. The fourth-order valence-corrected chi connectivity index (χ4v) is 1.80. The molecule has 2 amide bonds. The number of nitrogens with one attached hydrogen (secondary N) is 3. The molecule has 0 aromatic rings. The van der Waals surface area contributed by atoms with E-state index in [1.807, 2.05) is 32.9 Å². The summed E-state index contributed by atoms with van der Waals surface area (Å²) in [5.74, 6) is -0.582. The zero-order valence-electron chi connectivity index (χ0n) is 16.9. The van der Waals surface area contributed by atoms with Gasteiger partial charge in [-0.3, -0.25) is 14.8 Å². The Morgan fingerprint density at radius 2 is 1.81 bits per heavy atom. The van der Waals surface area contributed by atoms with Crippen molar-refractivity contribution in [1.82, 2.24) is 16.1 Å². The fraction of sp³-hybridized carbons (Fsp3) is 0.429. The Labute approximate surface area is 163 Å². The second kappa shape index (κ2) is 19.7. The SMILES string of the molecule is C=CC(=C)C(=C\NC/C=C\C)/C=C/C(=O)NCCCCCC(=O)NO.CC. The summed E-state index contributed by atoms with van der Waals surface area (Å²) in [7, 11) is 0. The van der Waals surface area contributed by atoms with Crippen molar-refractivity contribution in [1.29, 1.82) is 0 Å². The summed E-state index contributed by atoms with van der Waals surface area (Å²) < 4.78 is 0. The van der Waals surface area contributed by atoms with Gasteiger partial charge in [-0.05, 0) is 37.0 Å². The van der Waals surface area contributed by atoms with Crippen LogP contribution in [0.3, 0.4) is 0 Å². The van der Waals surface area contributed by atoms with Gasteiger partial charge in [-0.25, -0.2) is 5.48 Å². The first kappa shape index (κ1) is 26.6. The molecule has 152 valence electrons. The van der Waals surface area contributed by atoms with Gasteiger partial charge in [0.1, 0.15) is 0 Å². The molecular formula is C21H35N3O3. The second-order valence-corrected chi connectivity index (χ2v) is 5.28. The molecule has 0 rings (SSSR count). The smallest absolute Gasteiger partial charge is 0.244 e. The Morgan fingerprint density at radius 3 is 2.41 bits per heavy atom. The maximum Gasteiger partial charge on any atom is 0.244 e. The Hall–Kier alpha value is -2.60. The first-order chi connectivity index (χ1) is 13.0. The minimum Gasteiger partial charge on any atom is -0.387 e. The molecule has 6 nitrogen and oxygen atoms in total. The number of carbonyl (C=O) groups excluding carboxylic acids is 2. The molecule has 0 aliphatic heterocycles. The third-order valence-electron chi connectivity index (χ3n) is 3.26. The van der Waals surface area contributed by atoms with Crippen molar-refractivity contribution in [2.45, 2.75) is 46.5 Å². The van der Waals surface area contributed by atoms with Gasteiger partial charge in [0.2, 0.25) is 11.8 Å². The third kappa shape index (κ3) is 16.6. The highest BCUT2D eigenvalue weighted by atomic mass is 16.5. The molecule has 0 saturated heterocycles. The van der Waals surface area contributed by atoms with Crippen LogP contribution >= 0.6 is 0 Å². The molecule has 0 heterocycles. The minimum absolute atomic E-state index is 0.190. The van der Waals surface area contributed by atoms with Gasteiger partial charge < -0.3 is 10.6 Å². The number of allylic oxidation sites excluding steroid dienone is 5.